The molecular formula is C12H14F4O2. The molecule has 6 heteroatoms. The molecule has 1 aromatic rings. The minimum Gasteiger partial charge on any atom is -0.487 e. The highest BCUT2D eigenvalue weighted by Gasteiger charge is 2.20. The zero-order chi connectivity index (χ0) is 13.5. The predicted octanol–water partition coefficient (Wildman–Crippen LogP) is 3.17. The van der Waals surface area contributed by atoms with Gasteiger partial charge in [0.05, 0.1) is 6.61 Å². The van der Waals surface area contributed by atoms with Crippen LogP contribution in [0.1, 0.15) is 25.7 Å². The Bertz CT molecular complexity index is 370. The van der Waals surface area contributed by atoms with Gasteiger partial charge >= 0.3 is 0 Å². The topological polar surface area (TPSA) is 29.5 Å². The lowest BCUT2D eigenvalue weighted by molar-refractivity contribution is 0.256. The largest absolute Gasteiger partial charge is 0.487 e. The monoisotopic (exact) mass is 266 g/mol. The highest BCUT2D eigenvalue weighted by atomic mass is 19.2. The van der Waals surface area contributed by atoms with Gasteiger partial charge in [-0.15, -0.1) is 0 Å². The molecule has 0 heterocycles. The minimum atomic E-state index is -1.52. The summed E-state index contributed by atoms with van der Waals surface area (Å²) in [6.45, 7) is 0.0430. The summed E-state index contributed by atoms with van der Waals surface area (Å²) in [5.74, 6) is -7.03. The maximum absolute atomic E-state index is 13.1. The molecule has 0 saturated heterocycles. The summed E-state index contributed by atoms with van der Waals surface area (Å²) < 4.78 is 56.6. The molecule has 1 N–H and O–H groups in total. The summed E-state index contributed by atoms with van der Waals surface area (Å²) in [5, 5.41) is 8.52. The van der Waals surface area contributed by atoms with Crippen molar-refractivity contribution in [3.63, 3.8) is 0 Å². The number of benzene rings is 1. The van der Waals surface area contributed by atoms with Gasteiger partial charge in [0.1, 0.15) is 0 Å². The zero-order valence-electron chi connectivity index (χ0n) is 9.69. The van der Waals surface area contributed by atoms with Gasteiger partial charge in [0, 0.05) is 12.7 Å². The average Bonchev–Trinajstić information content (AvgIpc) is 2.35. The third-order valence-electron chi connectivity index (χ3n) is 2.37. The Balaban J connectivity index is 2.52. The van der Waals surface area contributed by atoms with Crippen molar-refractivity contribution in [2.24, 2.45) is 0 Å². The molecule has 0 radical (unpaired) electrons. The molecule has 2 nitrogen and oxygen atoms in total. The fourth-order valence-corrected chi connectivity index (χ4v) is 1.42. The van der Waals surface area contributed by atoms with E-state index in [1.807, 2.05) is 0 Å². The summed E-state index contributed by atoms with van der Waals surface area (Å²) in [6.07, 6.45) is 2.57. The van der Waals surface area contributed by atoms with Crippen LogP contribution in [0.4, 0.5) is 17.6 Å². The lowest BCUT2D eigenvalue weighted by Crippen LogP contribution is -2.05. The van der Waals surface area contributed by atoms with E-state index in [0.717, 1.165) is 6.42 Å². The molecule has 0 aromatic heterocycles. The van der Waals surface area contributed by atoms with Gasteiger partial charge in [0.25, 0.3) is 0 Å². The molecule has 1 aromatic carbocycles. The molecule has 0 unspecified atom stereocenters. The molecule has 102 valence electrons. The van der Waals surface area contributed by atoms with E-state index in [2.05, 4.69) is 0 Å². The molecule has 0 amide bonds. The van der Waals surface area contributed by atoms with E-state index in [0.29, 0.717) is 19.3 Å². The number of unbranched alkanes of at least 4 members (excludes halogenated alkanes) is 3. The van der Waals surface area contributed by atoms with Gasteiger partial charge < -0.3 is 9.84 Å². The molecule has 0 aliphatic carbocycles. The number of hydrogen-bond donors (Lipinski definition) is 1. The van der Waals surface area contributed by atoms with Crippen molar-refractivity contribution in [2.75, 3.05) is 13.2 Å². The number of hydrogen-bond acceptors (Lipinski definition) is 2. The zero-order valence-corrected chi connectivity index (χ0v) is 9.69. The molecule has 1 rings (SSSR count). The first-order valence-electron chi connectivity index (χ1n) is 5.64. The van der Waals surface area contributed by atoms with Crippen molar-refractivity contribution in [3.05, 3.63) is 29.3 Å². The lowest BCUT2D eigenvalue weighted by Gasteiger charge is -2.09. The second kappa shape index (κ2) is 7.20. The third kappa shape index (κ3) is 3.87. The Morgan fingerprint density at radius 2 is 1.44 bits per heavy atom. The Labute approximate surface area is 102 Å². The van der Waals surface area contributed by atoms with E-state index >= 15 is 0 Å². The van der Waals surface area contributed by atoms with Crippen LogP contribution in [0.2, 0.25) is 0 Å². The average molecular weight is 266 g/mol. The number of aliphatic hydroxyl groups excluding tert-OH is 1. The smallest absolute Gasteiger partial charge is 0.203 e. The van der Waals surface area contributed by atoms with Crippen molar-refractivity contribution in [3.8, 4) is 5.75 Å². The second-order valence-electron chi connectivity index (χ2n) is 3.78. The molecule has 0 saturated carbocycles. The van der Waals surface area contributed by atoms with Crippen molar-refractivity contribution in [1.82, 2.24) is 0 Å². The molecule has 0 bridgehead atoms. The normalized spacial score (nSPS) is 10.7. The Kier molecular flexibility index (Phi) is 5.91. The summed E-state index contributed by atoms with van der Waals surface area (Å²) in [7, 11) is 0. The van der Waals surface area contributed by atoms with E-state index in [-0.39, 0.29) is 19.3 Å². The summed E-state index contributed by atoms with van der Waals surface area (Å²) in [6, 6.07) is 0.138. The summed E-state index contributed by atoms with van der Waals surface area (Å²) in [5.41, 5.74) is 0. The summed E-state index contributed by atoms with van der Waals surface area (Å²) >= 11 is 0. The van der Waals surface area contributed by atoms with Crippen LogP contribution in [-0.2, 0) is 0 Å². The quantitative estimate of drug-likeness (QED) is 0.466. The van der Waals surface area contributed by atoms with Crippen LogP contribution in [0.15, 0.2) is 6.07 Å². The van der Waals surface area contributed by atoms with E-state index in [9.17, 15) is 17.6 Å². The van der Waals surface area contributed by atoms with Gasteiger partial charge in [-0.2, -0.15) is 8.78 Å². The highest BCUT2D eigenvalue weighted by Crippen LogP contribution is 2.26. The first-order valence-corrected chi connectivity index (χ1v) is 5.64. The Morgan fingerprint density at radius 3 is 2.00 bits per heavy atom. The van der Waals surface area contributed by atoms with Crippen LogP contribution in [0.5, 0.6) is 5.75 Å². The molecule has 0 fully saturated rings. The van der Waals surface area contributed by atoms with Crippen molar-refractivity contribution >= 4 is 0 Å². The molecule has 0 spiro atoms. The summed E-state index contributed by atoms with van der Waals surface area (Å²) in [4.78, 5) is 0. The van der Waals surface area contributed by atoms with Crippen LogP contribution >= 0.6 is 0 Å². The maximum Gasteiger partial charge on any atom is 0.203 e. The minimum absolute atomic E-state index is 0.0395. The van der Waals surface area contributed by atoms with Gasteiger partial charge in [-0.25, -0.2) is 8.78 Å². The van der Waals surface area contributed by atoms with Crippen LogP contribution in [0, 0.1) is 23.3 Å². The van der Waals surface area contributed by atoms with E-state index in [4.69, 9.17) is 9.84 Å². The lowest BCUT2D eigenvalue weighted by atomic mass is 10.2. The molecule has 0 atom stereocenters. The van der Waals surface area contributed by atoms with Gasteiger partial charge in [-0.05, 0) is 19.3 Å². The van der Waals surface area contributed by atoms with Crippen molar-refractivity contribution < 1.29 is 27.4 Å². The van der Waals surface area contributed by atoms with Crippen molar-refractivity contribution in [2.45, 2.75) is 25.7 Å². The highest BCUT2D eigenvalue weighted by molar-refractivity contribution is 5.28. The molecular weight excluding hydrogens is 252 g/mol. The van der Waals surface area contributed by atoms with Crippen LogP contribution in [0.25, 0.3) is 0 Å². The fraction of sp³-hybridized carbons (Fsp3) is 0.500. The number of ether oxygens (including phenoxy) is 1. The number of rotatable bonds is 7. The predicted molar refractivity (Wildman–Crippen MR) is 57.3 cm³/mol. The third-order valence-corrected chi connectivity index (χ3v) is 2.37. The standard InChI is InChI=1S/C12H14F4O2/c13-8-7-9(14)11(16)12(10(8)15)18-6-4-2-1-3-5-17/h7,17H,1-6H2. The van der Waals surface area contributed by atoms with E-state index in [1.54, 1.807) is 0 Å². The Hall–Kier alpha value is -1.30. The van der Waals surface area contributed by atoms with E-state index < -0.39 is 29.0 Å². The van der Waals surface area contributed by atoms with Crippen LogP contribution in [0.3, 0.4) is 0 Å². The second-order valence-corrected chi connectivity index (χ2v) is 3.78. The van der Waals surface area contributed by atoms with Crippen molar-refractivity contribution in [1.29, 1.82) is 0 Å². The van der Waals surface area contributed by atoms with Crippen LogP contribution < -0.4 is 4.74 Å². The Morgan fingerprint density at radius 1 is 0.889 bits per heavy atom. The molecule has 0 aliphatic heterocycles. The first kappa shape index (κ1) is 14.8. The van der Waals surface area contributed by atoms with Gasteiger partial charge in [-0.3, -0.25) is 0 Å². The van der Waals surface area contributed by atoms with Gasteiger partial charge in [0.15, 0.2) is 17.4 Å². The molecule has 18 heavy (non-hydrogen) atoms. The van der Waals surface area contributed by atoms with E-state index in [1.165, 1.54) is 0 Å². The fourth-order valence-electron chi connectivity index (χ4n) is 1.42. The van der Waals surface area contributed by atoms with Gasteiger partial charge in [0.2, 0.25) is 11.6 Å². The maximum atomic E-state index is 13.1. The van der Waals surface area contributed by atoms with Crippen LogP contribution in [-0.4, -0.2) is 18.3 Å². The molecule has 0 aliphatic rings. The van der Waals surface area contributed by atoms with Gasteiger partial charge in [-0.1, -0.05) is 6.42 Å². The number of aliphatic hydroxyl groups is 1. The number of halogens is 4. The SMILES string of the molecule is OCCCCCCOc1c(F)c(F)cc(F)c1F. The first-order chi connectivity index (χ1) is 8.57.